The highest BCUT2D eigenvalue weighted by Gasteiger charge is 2.10. The van der Waals surface area contributed by atoms with Crippen LogP contribution in [0.1, 0.15) is 17.0 Å². The molecule has 0 aliphatic rings. The van der Waals surface area contributed by atoms with Crippen LogP contribution in [-0.4, -0.2) is 23.3 Å². The van der Waals surface area contributed by atoms with Gasteiger partial charge in [-0.15, -0.1) is 0 Å². The summed E-state index contributed by atoms with van der Waals surface area (Å²) in [6.07, 6.45) is 1.59. The van der Waals surface area contributed by atoms with E-state index in [4.69, 9.17) is 39.5 Å². The van der Waals surface area contributed by atoms with Gasteiger partial charge in [-0.3, -0.25) is 4.79 Å². The molecule has 3 rings (SSSR count). The maximum absolute atomic E-state index is 12.0. The largest absolute Gasteiger partial charge is 0.482 e. The predicted molar refractivity (Wildman–Crippen MR) is 118 cm³/mol. The number of hydrogen-bond donors (Lipinski definition) is 1. The first-order valence-corrected chi connectivity index (χ1v) is 9.83. The van der Waals surface area contributed by atoms with Crippen molar-refractivity contribution < 1.29 is 9.53 Å². The van der Waals surface area contributed by atoms with E-state index in [2.05, 4.69) is 15.1 Å². The molecule has 0 aliphatic carbocycles. The smallest absolute Gasteiger partial charge is 0.277 e. The summed E-state index contributed by atoms with van der Waals surface area (Å²) in [5, 5.41) is 5.51. The van der Waals surface area contributed by atoms with E-state index in [0.717, 1.165) is 22.6 Å². The lowest BCUT2D eigenvalue weighted by molar-refractivity contribution is -0.123. The SMILES string of the molecule is Cc1cc(/C=N/NC(=O)COc2ccc(Cl)cc2Cl)c(C)n1-c1cccc(Cl)c1. The molecule has 8 heteroatoms. The number of carbonyl (C=O) groups excluding carboxylic acids is 1. The second-order valence-corrected chi connectivity index (χ2v) is 7.58. The van der Waals surface area contributed by atoms with Crippen LogP contribution in [-0.2, 0) is 4.79 Å². The van der Waals surface area contributed by atoms with Gasteiger partial charge in [0.25, 0.3) is 5.91 Å². The number of aryl methyl sites for hydroxylation is 1. The minimum atomic E-state index is -0.407. The van der Waals surface area contributed by atoms with Crippen molar-refractivity contribution in [2.24, 2.45) is 5.10 Å². The minimum Gasteiger partial charge on any atom is -0.482 e. The predicted octanol–water partition coefficient (Wildman–Crippen LogP) is 5.58. The van der Waals surface area contributed by atoms with Crippen LogP contribution in [0.5, 0.6) is 5.75 Å². The molecule has 2 aromatic carbocycles. The molecule has 1 amide bonds. The molecule has 0 bridgehead atoms. The van der Waals surface area contributed by atoms with Gasteiger partial charge >= 0.3 is 0 Å². The number of halogens is 3. The summed E-state index contributed by atoms with van der Waals surface area (Å²) in [5.41, 5.74) is 6.29. The van der Waals surface area contributed by atoms with Crippen LogP contribution in [0.25, 0.3) is 5.69 Å². The number of nitrogens with zero attached hydrogens (tertiary/aromatic N) is 2. The fourth-order valence-electron chi connectivity index (χ4n) is 2.87. The molecule has 0 saturated heterocycles. The number of carbonyl (C=O) groups is 1. The Bertz CT molecular complexity index is 1080. The Morgan fingerprint density at radius 1 is 1.10 bits per heavy atom. The molecule has 1 aromatic heterocycles. The molecule has 0 aliphatic heterocycles. The Labute approximate surface area is 183 Å². The van der Waals surface area contributed by atoms with Crippen molar-refractivity contribution in [1.29, 1.82) is 0 Å². The van der Waals surface area contributed by atoms with Crippen LogP contribution in [0.4, 0.5) is 0 Å². The highest BCUT2D eigenvalue weighted by molar-refractivity contribution is 6.35. The average Bonchev–Trinajstić information content (AvgIpc) is 2.94. The van der Waals surface area contributed by atoms with Crippen molar-refractivity contribution in [2.75, 3.05) is 6.61 Å². The molecule has 1 N–H and O–H groups in total. The third-order valence-electron chi connectivity index (χ3n) is 4.18. The fourth-order valence-corrected chi connectivity index (χ4v) is 3.52. The maximum atomic E-state index is 12.0. The molecule has 29 heavy (non-hydrogen) atoms. The maximum Gasteiger partial charge on any atom is 0.277 e. The number of hydrogen-bond acceptors (Lipinski definition) is 3. The van der Waals surface area contributed by atoms with Crippen molar-refractivity contribution in [3.05, 3.63) is 80.6 Å². The number of hydrazone groups is 1. The van der Waals surface area contributed by atoms with Crippen LogP contribution in [0.3, 0.4) is 0 Å². The fraction of sp³-hybridized carbons (Fsp3) is 0.143. The van der Waals surface area contributed by atoms with Crippen LogP contribution in [0.15, 0.2) is 53.6 Å². The first-order valence-electron chi connectivity index (χ1n) is 8.70. The highest BCUT2D eigenvalue weighted by Crippen LogP contribution is 2.27. The van der Waals surface area contributed by atoms with Crippen molar-refractivity contribution in [1.82, 2.24) is 9.99 Å². The third-order valence-corrected chi connectivity index (χ3v) is 4.95. The lowest BCUT2D eigenvalue weighted by atomic mass is 10.2. The summed E-state index contributed by atoms with van der Waals surface area (Å²) < 4.78 is 7.45. The number of rotatable bonds is 6. The Morgan fingerprint density at radius 2 is 1.86 bits per heavy atom. The summed E-state index contributed by atoms with van der Waals surface area (Å²) in [7, 11) is 0. The molecule has 3 aromatic rings. The van der Waals surface area contributed by atoms with Crippen LogP contribution in [0.2, 0.25) is 15.1 Å². The number of amides is 1. The van der Waals surface area contributed by atoms with E-state index in [1.165, 1.54) is 0 Å². The molecule has 5 nitrogen and oxygen atoms in total. The summed E-state index contributed by atoms with van der Waals surface area (Å²) in [6, 6.07) is 14.4. The topological polar surface area (TPSA) is 55.6 Å². The van der Waals surface area contributed by atoms with Gasteiger partial charge in [0.1, 0.15) is 5.75 Å². The van der Waals surface area contributed by atoms with Crippen LogP contribution < -0.4 is 10.2 Å². The van der Waals surface area contributed by atoms with E-state index in [-0.39, 0.29) is 6.61 Å². The summed E-state index contributed by atoms with van der Waals surface area (Å²) >= 11 is 17.9. The van der Waals surface area contributed by atoms with Crippen LogP contribution in [0, 0.1) is 13.8 Å². The molecule has 0 unspecified atom stereocenters. The van der Waals surface area contributed by atoms with E-state index in [9.17, 15) is 4.79 Å². The second kappa shape index (κ2) is 9.35. The summed E-state index contributed by atoms with van der Waals surface area (Å²) in [5.74, 6) is -0.0313. The van der Waals surface area contributed by atoms with Gasteiger partial charge in [0.15, 0.2) is 6.61 Å². The molecule has 150 valence electrons. The summed E-state index contributed by atoms with van der Waals surface area (Å²) in [4.78, 5) is 12.0. The minimum absolute atomic E-state index is 0.222. The lowest BCUT2D eigenvalue weighted by Crippen LogP contribution is -2.24. The van der Waals surface area contributed by atoms with Crippen molar-refractivity contribution in [3.8, 4) is 11.4 Å². The zero-order chi connectivity index (χ0) is 21.0. The first-order chi connectivity index (χ1) is 13.8. The molecule has 0 fully saturated rings. The average molecular weight is 451 g/mol. The van der Waals surface area contributed by atoms with Gasteiger partial charge < -0.3 is 9.30 Å². The second-order valence-electron chi connectivity index (χ2n) is 6.30. The van der Waals surface area contributed by atoms with E-state index in [0.29, 0.717) is 20.8 Å². The van der Waals surface area contributed by atoms with Gasteiger partial charge in [-0.1, -0.05) is 40.9 Å². The lowest BCUT2D eigenvalue weighted by Gasteiger charge is -2.09. The zero-order valence-corrected chi connectivity index (χ0v) is 18.0. The standard InChI is InChI=1S/C21H18Cl3N3O2/c1-13-8-15(14(2)27(13)18-5-3-4-16(22)9-18)11-25-26-21(28)12-29-20-7-6-17(23)10-19(20)24/h3-11H,12H2,1-2H3,(H,26,28)/b25-11+. The number of nitrogens with one attached hydrogen (secondary N) is 1. The Kier molecular flexibility index (Phi) is 6.85. The van der Waals surface area contributed by atoms with Crippen molar-refractivity contribution in [3.63, 3.8) is 0 Å². The quantitative estimate of drug-likeness (QED) is 0.393. The molecular formula is C21H18Cl3N3O2. The van der Waals surface area contributed by atoms with E-state index >= 15 is 0 Å². The summed E-state index contributed by atoms with van der Waals surface area (Å²) in [6.45, 7) is 3.75. The van der Waals surface area contributed by atoms with Gasteiger partial charge in [0.2, 0.25) is 0 Å². The Hall–Kier alpha value is -2.47. The number of aromatic nitrogens is 1. The van der Waals surface area contributed by atoms with E-state index < -0.39 is 5.91 Å². The molecule has 0 spiro atoms. The first kappa shape index (κ1) is 21.2. The van der Waals surface area contributed by atoms with Gasteiger partial charge in [0.05, 0.1) is 11.2 Å². The van der Waals surface area contributed by atoms with Crippen molar-refractivity contribution >= 4 is 46.9 Å². The molecule has 1 heterocycles. The van der Waals surface area contributed by atoms with Gasteiger partial charge in [-0.25, -0.2) is 5.43 Å². The van der Waals surface area contributed by atoms with E-state index in [1.807, 2.05) is 44.2 Å². The highest BCUT2D eigenvalue weighted by atomic mass is 35.5. The Morgan fingerprint density at radius 3 is 2.59 bits per heavy atom. The van der Waals surface area contributed by atoms with Gasteiger partial charge in [-0.05, 0) is 56.3 Å². The third kappa shape index (κ3) is 5.32. The molecule has 0 radical (unpaired) electrons. The van der Waals surface area contributed by atoms with Crippen molar-refractivity contribution in [2.45, 2.75) is 13.8 Å². The normalized spacial score (nSPS) is 11.1. The molecule has 0 saturated carbocycles. The van der Waals surface area contributed by atoms with Crippen LogP contribution >= 0.6 is 34.8 Å². The number of benzene rings is 2. The number of ether oxygens (including phenoxy) is 1. The molecular weight excluding hydrogens is 433 g/mol. The monoisotopic (exact) mass is 449 g/mol. The zero-order valence-electron chi connectivity index (χ0n) is 15.7. The Balaban J connectivity index is 1.63. The van der Waals surface area contributed by atoms with E-state index in [1.54, 1.807) is 24.4 Å². The van der Waals surface area contributed by atoms with Gasteiger partial charge in [-0.2, -0.15) is 5.10 Å². The van der Waals surface area contributed by atoms with Gasteiger partial charge in [0, 0.05) is 32.7 Å². The molecule has 0 atom stereocenters.